The van der Waals surface area contributed by atoms with Crippen LogP contribution in [0.1, 0.15) is 32.9 Å². The number of aromatic carboxylic acids is 1. The van der Waals surface area contributed by atoms with Crippen molar-refractivity contribution < 1.29 is 19.5 Å². The second-order valence-electron chi connectivity index (χ2n) is 7.76. The van der Waals surface area contributed by atoms with E-state index < -0.39 is 17.8 Å². The zero-order valence-electron chi connectivity index (χ0n) is 18.2. The smallest absolute Gasteiger partial charge is 0.335 e. The van der Waals surface area contributed by atoms with Gasteiger partial charge in [-0.05, 0) is 86.6 Å². The van der Waals surface area contributed by atoms with E-state index in [1.54, 1.807) is 48.5 Å². The number of anilines is 1. The van der Waals surface area contributed by atoms with Crippen LogP contribution in [0.25, 0.3) is 11.8 Å². The third kappa shape index (κ3) is 3.96. The maximum absolute atomic E-state index is 13.2. The minimum Gasteiger partial charge on any atom is -0.478 e. The molecule has 0 aliphatic carbocycles. The van der Waals surface area contributed by atoms with Crippen molar-refractivity contribution in [3.05, 3.63) is 88.2 Å². The molecule has 1 aromatic heterocycles. The number of amides is 2. The van der Waals surface area contributed by atoms with Crippen molar-refractivity contribution >= 4 is 46.9 Å². The predicted molar refractivity (Wildman–Crippen MR) is 130 cm³/mol. The lowest BCUT2D eigenvalue weighted by Crippen LogP contribution is -2.54. The summed E-state index contributed by atoms with van der Waals surface area (Å²) in [6.07, 6.45) is 1.56. The Labute approximate surface area is 196 Å². The molecule has 4 rings (SSSR count). The lowest BCUT2D eigenvalue weighted by molar-refractivity contribution is -0.122. The highest BCUT2D eigenvalue weighted by Crippen LogP contribution is 2.27. The van der Waals surface area contributed by atoms with E-state index in [0.29, 0.717) is 11.3 Å². The summed E-state index contributed by atoms with van der Waals surface area (Å²) < 4.78 is 1.97. The topological polar surface area (TPSA) is 91.6 Å². The molecule has 0 unspecified atom stereocenters. The highest BCUT2D eigenvalue weighted by molar-refractivity contribution is 7.80. The standard InChI is InChI=1S/C25H21N3O4S/c1-14-11-17(24(31)32)9-10-21(14)27-15(2)12-18(16(27)3)13-20-22(29)26-25(33)28(23(20)30)19-7-5-4-6-8-19/h4-13H,1-3H3,(H,31,32)(H,26,29,33)/b20-13+. The van der Waals surface area contributed by atoms with Gasteiger partial charge in [-0.1, -0.05) is 18.2 Å². The molecule has 0 bridgehead atoms. The molecule has 3 aromatic rings. The first-order valence-electron chi connectivity index (χ1n) is 10.2. The van der Waals surface area contributed by atoms with Crippen LogP contribution in [0, 0.1) is 20.8 Å². The van der Waals surface area contributed by atoms with Crippen molar-refractivity contribution in [2.75, 3.05) is 4.90 Å². The third-order valence-electron chi connectivity index (χ3n) is 5.57. The Morgan fingerprint density at radius 3 is 2.36 bits per heavy atom. The quantitative estimate of drug-likeness (QED) is 0.350. The first-order valence-corrected chi connectivity index (χ1v) is 10.6. The summed E-state index contributed by atoms with van der Waals surface area (Å²) in [5.74, 6) is -2.04. The highest BCUT2D eigenvalue weighted by atomic mass is 32.1. The van der Waals surface area contributed by atoms with Gasteiger partial charge in [-0.3, -0.25) is 19.8 Å². The van der Waals surface area contributed by atoms with Gasteiger partial charge in [0.1, 0.15) is 5.57 Å². The molecule has 8 heteroatoms. The molecule has 7 nitrogen and oxygen atoms in total. The van der Waals surface area contributed by atoms with Gasteiger partial charge in [0, 0.05) is 17.1 Å². The number of aromatic nitrogens is 1. The second-order valence-corrected chi connectivity index (χ2v) is 8.15. The molecule has 2 aromatic carbocycles. The summed E-state index contributed by atoms with van der Waals surface area (Å²) in [6, 6.07) is 15.7. The van der Waals surface area contributed by atoms with Gasteiger partial charge in [0.25, 0.3) is 11.8 Å². The van der Waals surface area contributed by atoms with Crippen LogP contribution < -0.4 is 10.2 Å². The molecule has 166 valence electrons. The predicted octanol–water partition coefficient (Wildman–Crippen LogP) is 3.93. The molecular formula is C25H21N3O4S. The van der Waals surface area contributed by atoms with E-state index in [1.165, 1.54) is 4.90 Å². The molecule has 0 spiro atoms. The number of carboxylic acids is 1. The number of aryl methyl sites for hydroxylation is 2. The fourth-order valence-electron chi connectivity index (χ4n) is 3.97. The number of carbonyl (C=O) groups excluding carboxylic acids is 2. The molecule has 0 radical (unpaired) electrons. The molecular weight excluding hydrogens is 438 g/mol. The van der Waals surface area contributed by atoms with E-state index >= 15 is 0 Å². The molecule has 2 amide bonds. The van der Waals surface area contributed by atoms with Crippen LogP contribution in [-0.2, 0) is 9.59 Å². The van der Waals surface area contributed by atoms with E-state index in [1.807, 2.05) is 37.5 Å². The number of para-hydroxylation sites is 1. The van der Waals surface area contributed by atoms with E-state index in [4.69, 9.17) is 12.2 Å². The minimum absolute atomic E-state index is 0.0225. The van der Waals surface area contributed by atoms with Crippen LogP contribution in [0.2, 0.25) is 0 Å². The number of carbonyl (C=O) groups is 3. The Morgan fingerprint density at radius 2 is 1.73 bits per heavy atom. The summed E-state index contributed by atoms with van der Waals surface area (Å²) in [5.41, 5.74) is 4.77. The summed E-state index contributed by atoms with van der Waals surface area (Å²) in [6.45, 7) is 5.64. The number of rotatable bonds is 4. The van der Waals surface area contributed by atoms with Crippen LogP contribution >= 0.6 is 12.2 Å². The second kappa shape index (κ2) is 8.48. The van der Waals surface area contributed by atoms with Gasteiger partial charge in [-0.15, -0.1) is 0 Å². The summed E-state index contributed by atoms with van der Waals surface area (Å²) in [4.78, 5) is 38.5. The van der Waals surface area contributed by atoms with Crippen LogP contribution in [0.4, 0.5) is 5.69 Å². The number of hydrogen-bond acceptors (Lipinski definition) is 4. The average molecular weight is 460 g/mol. The number of benzene rings is 2. The fraction of sp³-hybridized carbons (Fsp3) is 0.120. The minimum atomic E-state index is -0.987. The Hall–Kier alpha value is -4.04. The van der Waals surface area contributed by atoms with Gasteiger partial charge in [0.05, 0.1) is 11.3 Å². The van der Waals surface area contributed by atoms with Gasteiger partial charge >= 0.3 is 5.97 Å². The molecule has 1 saturated heterocycles. The molecule has 1 aliphatic heterocycles. The maximum Gasteiger partial charge on any atom is 0.335 e. The highest BCUT2D eigenvalue weighted by Gasteiger charge is 2.34. The van der Waals surface area contributed by atoms with Gasteiger partial charge in [-0.2, -0.15) is 0 Å². The molecule has 2 heterocycles. The van der Waals surface area contributed by atoms with Gasteiger partial charge < -0.3 is 9.67 Å². The summed E-state index contributed by atoms with van der Waals surface area (Å²) in [5, 5.41) is 11.9. The molecule has 1 aliphatic rings. The van der Waals surface area contributed by atoms with Crippen LogP contribution in [0.15, 0.2) is 60.2 Å². The lowest BCUT2D eigenvalue weighted by atomic mass is 10.1. The molecule has 1 fully saturated rings. The normalized spacial score (nSPS) is 15.2. The molecule has 0 atom stereocenters. The Kier molecular flexibility index (Phi) is 5.69. The summed E-state index contributed by atoms with van der Waals surface area (Å²) in [7, 11) is 0. The number of carboxylic acid groups (broad SMARTS) is 1. The largest absolute Gasteiger partial charge is 0.478 e. The van der Waals surface area contributed by atoms with Gasteiger partial charge in [-0.25, -0.2) is 4.79 Å². The van der Waals surface area contributed by atoms with E-state index in [9.17, 15) is 19.5 Å². The van der Waals surface area contributed by atoms with Gasteiger partial charge in [0.15, 0.2) is 5.11 Å². The van der Waals surface area contributed by atoms with Crippen molar-refractivity contribution in [3.63, 3.8) is 0 Å². The van der Waals surface area contributed by atoms with E-state index in [0.717, 1.165) is 22.6 Å². The Balaban J connectivity index is 1.77. The fourth-order valence-corrected chi connectivity index (χ4v) is 4.25. The molecule has 0 saturated carbocycles. The SMILES string of the molecule is Cc1cc(C(=O)O)ccc1-n1c(C)cc(/C=C2\C(=O)NC(=S)N(c3ccccc3)C2=O)c1C. The van der Waals surface area contributed by atoms with Crippen LogP contribution in [-0.4, -0.2) is 32.6 Å². The van der Waals surface area contributed by atoms with Gasteiger partial charge in [0.2, 0.25) is 0 Å². The number of nitrogens with one attached hydrogen (secondary N) is 1. The number of thiocarbonyl (C=S) groups is 1. The Morgan fingerprint density at radius 1 is 1.03 bits per heavy atom. The molecule has 2 N–H and O–H groups in total. The van der Waals surface area contributed by atoms with E-state index in [-0.39, 0.29) is 16.2 Å². The van der Waals surface area contributed by atoms with Crippen LogP contribution in [0.5, 0.6) is 0 Å². The van der Waals surface area contributed by atoms with Crippen molar-refractivity contribution in [1.82, 2.24) is 9.88 Å². The van der Waals surface area contributed by atoms with E-state index in [2.05, 4.69) is 5.32 Å². The maximum atomic E-state index is 13.2. The average Bonchev–Trinajstić information content (AvgIpc) is 3.04. The lowest BCUT2D eigenvalue weighted by Gasteiger charge is -2.28. The van der Waals surface area contributed by atoms with Crippen molar-refractivity contribution in [1.29, 1.82) is 0 Å². The number of nitrogens with zero attached hydrogens (tertiary/aromatic N) is 2. The molecule has 33 heavy (non-hydrogen) atoms. The zero-order valence-corrected chi connectivity index (χ0v) is 19.1. The van der Waals surface area contributed by atoms with Crippen molar-refractivity contribution in [3.8, 4) is 5.69 Å². The monoisotopic (exact) mass is 459 g/mol. The number of hydrogen-bond donors (Lipinski definition) is 2. The Bertz CT molecular complexity index is 1360. The van der Waals surface area contributed by atoms with Crippen molar-refractivity contribution in [2.24, 2.45) is 0 Å². The first-order chi connectivity index (χ1) is 15.7. The zero-order chi connectivity index (χ0) is 23.9. The first kappa shape index (κ1) is 22.2. The summed E-state index contributed by atoms with van der Waals surface area (Å²) >= 11 is 5.24. The third-order valence-corrected chi connectivity index (χ3v) is 5.86. The van der Waals surface area contributed by atoms with Crippen LogP contribution in [0.3, 0.4) is 0 Å². The van der Waals surface area contributed by atoms with Crippen molar-refractivity contribution in [2.45, 2.75) is 20.8 Å².